The quantitative estimate of drug-likeness (QED) is 0.723. The van der Waals surface area contributed by atoms with Crippen molar-refractivity contribution in [2.45, 2.75) is 11.9 Å². The highest BCUT2D eigenvalue weighted by Gasteiger charge is 2.29. The van der Waals surface area contributed by atoms with E-state index in [1.807, 2.05) is 6.26 Å². The van der Waals surface area contributed by atoms with E-state index in [1.54, 1.807) is 21.6 Å². The van der Waals surface area contributed by atoms with Crippen LogP contribution in [-0.4, -0.2) is 6.26 Å². The molecule has 0 aliphatic heterocycles. The van der Waals surface area contributed by atoms with Crippen LogP contribution in [0.2, 0.25) is 0 Å². The molecule has 1 aromatic rings. The van der Waals surface area contributed by atoms with Gasteiger partial charge >= 0.3 is 6.18 Å². The second kappa shape index (κ2) is 4.98. The summed E-state index contributed by atoms with van der Waals surface area (Å²) in [6.45, 7) is 0. The van der Waals surface area contributed by atoms with Crippen LogP contribution in [0.15, 0.2) is 24.3 Å². The summed E-state index contributed by atoms with van der Waals surface area (Å²) >= 11 is 0. The van der Waals surface area contributed by atoms with E-state index < -0.39 is 11.7 Å². The summed E-state index contributed by atoms with van der Waals surface area (Å²) in [6.07, 6.45) is -2.29. The van der Waals surface area contributed by atoms with Gasteiger partial charge in [-0.05, 0) is 24.0 Å². The van der Waals surface area contributed by atoms with Crippen molar-refractivity contribution in [2.75, 3.05) is 6.26 Å². The zero-order chi connectivity index (χ0) is 10.6. The fourth-order valence-electron chi connectivity index (χ4n) is 0.917. The molecule has 0 spiro atoms. The topological polar surface area (TPSA) is 0 Å². The van der Waals surface area contributed by atoms with Crippen LogP contribution < -0.4 is 0 Å². The van der Waals surface area contributed by atoms with Crippen molar-refractivity contribution in [1.29, 1.82) is 0 Å². The van der Waals surface area contributed by atoms with Gasteiger partial charge in [-0.25, -0.2) is 0 Å². The fourth-order valence-corrected chi connectivity index (χ4v) is 2.13. The van der Waals surface area contributed by atoms with Crippen LogP contribution in [0.5, 0.6) is 0 Å². The lowest BCUT2D eigenvalue weighted by molar-refractivity contribution is -0.137. The Labute approximate surface area is 88.7 Å². The molecule has 14 heavy (non-hydrogen) atoms. The third-order valence-electron chi connectivity index (χ3n) is 1.62. The summed E-state index contributed by atoms with van der Waals surface area (Å²) in [5, 5.41) is 0. The van der Waals surface area contributed by atoms with E-state index in [4.69, 9.17) is 0 Å². The standard InChI is InChI=1S/C9H9F3S2/c1-13-14-6-7-2-4-8(5-3-7)9(10,11)12/h2-5H,6H2,1H3. The van der Waals surface area contributed by atoms with Crippen molar-refractivity contribution in [2.24, 2.45) is 0 Å². The van der Waals surface area contributed by atoms with Crippen LogP contribution in [0.4, 0.5) is 13.2 Å². The molecule has 0 bridgehead atoms. The van der Waals surface area contributed by atoms with Crippen LogP contribution in [0.3, 0.4) is 0 Å². The Hall–Kier alpha value is -0.290. The minimum Gasteiger partial charge on any atom is -0.166 e. The molecule has 0 aliphatic carbocycles. The smallest absolute Gasteiger partial charge is 0.166 e. The maximum atomic E-state index is 12.2. The van der Waals surface area contributed by atoms with Gasteiger partial charge in [0.1, 0.15) is 0 Å². The SMILES string of the molecule is CSSCc1ccc(C(F)(F)F)cc1. The molecular formula is C9H9F3S2. The molecule has 0 aliphatic rings. The van der Waals surface area contributed by atoms with Gasteiger partial charge in [-0.2, -0.15) is 13.2 Å². The lowest BCUT2D eigenvalue weighted by atomic mass is 10.1. The molecular weight excluding hydrogens is 229 g/mol. The molecule has 0 radical (unpaired) electrons. The van der Waals surface area contributed by atoms with Crippen molar-refractivity contribution in [3.8, 4) is 0 Å². The van der Waals surface area contributed by atoms with Crippen molar-refractivity contribution in [1.82, 2.24) is 0 Å². The highest BCUT2D eigenvalue weighted by molar-refractivity contribution is 8.76. The van der Waals surface area contributed by atoms with E-state index >= 15 is 0 Å². The zero-order valence-electron chi connectivity index (χ0n) is 7.47. The minimum atomic E-state index is -4.23. The van der Waals surface area contributed by atoms with Gasteiger partial charge in [0.25, 0.3) is 0 Å². The molecule has 1 rings (SSSR count). The lowest BCUT2D eigenvalue weighted by Crippen LogP contribution is -2.04. The summed E-state index contributed by atoms with van der Waals surface area (Å²) in [6, 6.07) is 5.28. The molecule has 0 N–H and O–H groups in total. The normalized spacial score (nSPS) is 11.7. The van der Waals surface area contributed by atoms with E-state index in [0.29, 0.717) is 0 Å². The Morgan fingerprint density at radius 2 is 1.71 bits per heavy atom. The second-order valence-corrected chi connectivity index (χ2v) is 5.19. The lowest BCUT2D eigenvalue weighted by Gasteiger charge is -2.06. The average molecular weight is 238 g/mol. The van der Waals surface area contributed by atoms with Crippen molar-refractivity contribution in [3.63, 3.8) is 0 Å². The van der Waals surface area contributed by atoms with Gasteiger partial charge in [-0.1, -0.05) is 33.7 Å². The Balaban J connectivity index is 2.69. The first-order valence-corrected chi connectivity index (χ1v) is 6.58. The molecule has 0 atom stereocenters. The van der Waals surface area contributed by atoms with E-state index in [1.165, 1.54) is 12.1 Å². The summed E-state index contributed by atoms with van der Waals surface area (Å²) in [5.41, 5.74) is 0.327. The fraction of sp³-hybridized carbons (Fsp3) is 0.333. The van der Waals surface area contributed by atoms with Crippen LogP contribution >= 0.6 is 21.6 Å². The summed E-state index contributed by atoms with van der Waals surface area (Å²) in [7, 11) is 3.21. The molecule has 0 unspecified atom stereocenters. The maximum Gasteiger partial charge on any atom is 0.416 e. The average Bonchev–Trinajstić information content (AvgIpc) is 2.14. The Bertz CT molecular complexity index is 279. The number of alkyl halides is 3. The van der Waals surface area contributed by atoms with Gasteiger partial charge in [0, 0.05) is 5.75 Å². The third kappa shape index (κ3) is 3.46. The van der Waals surface area contributed by atoms with Gasteiger partial charge < -0.3 is 0 Å². The predicted octanol–water partition coefficient (Wildman–Crippen LogP) is 4.22. The number of hydrogen-bond acceptors (Lipinski definition) is 2. The maximum absolute atomic E-state index is 12.2. The van der Waals surface area contributed by atoms with Crippen LogP contribution in [0.25, 0.3) is 0 Å². The molecule has 0 saturated heterocycles. The minimum absolute atomic E-state index is 0.588. The van der Waals surface area contributed by atoms with Crippen LogP contribution in [-0.2, 0) is 11.9 Å². The van der Waals surface area contributed by atoms with Gasteiger partial charge in [-0.15, -0.1) is 0 Å². The molecule has 0 heterocycles. The number of halogens is 3. The summed E-state index contributed by atoms with van der Waals surface area (Å²) < 4.78 is 36.5. The molecule has 0 aromatic heterocycles. The van der Waals surface area contributed by atoms with Gasteiger partial charge in [0.2, 0.25) is 0 Å². The predicted molar refractivity (Wildman–Crippen MR) is 56.3 cm³/mol. The largest absolute Gasteiger partial charge is 0.416 e. The zero-order valence-corrected chi connectivity index (χ0v) is 9.10. The van der Waals surface area contributed by atoms with Gasteiger partial charge in [-0.3, -0.25) is 0 Å². The van der Waals surface area contributed by atoms with Crippen LogP contribution in [0.1, 0.15) is 11.1 Å². The number of benzene rings is 1. The molecule has 1 aromatic carbocycles. The molecule has 0 amide bonds. The first kappa shape index (κ1) is 11.8. The first-order valence-electron chi connectivity index (χ1n) is 3.86. The molecule has 5 heteroatoms. The molecule has 0 nitrogen and oxygen atoms in total. The number of hydrogen-bond donors (Lipinski definition) is 0. The van der Waals surface area contributed by atoms with E-state index in [-0.39, 0.29) is 0 Å². The first-order chi connectivity index (χ1) is 6.54. The third-order valence-corrected chi connectivity index (χ3v) is 3.37. The summed E-state index contributed by atoms with van der Waals surface area (Å²) in [5.74, 6) is 0.735. The van der Waals surface area contributed by atoms with E-state index in [9.17, 15) is 13.2 Å². The highest BCUT2D eigenvalue weighted by atomic mass is 33.1. The van der Waals surface area contributed by atoms with Gasteiger partial charge in [0.05, 0.1) is 5.56 Å². The van der Waals surface area contributed by atoms with Gasteiger partial charge in [0.15, 0.2) is 0 Å². The van der Waals surface area contributed by atoms with E-state index in [2.05, 4.69) is 0 Å². The Morgan fingerprint density at radius 1 is 1.14 bits per heavy atom. The van der Waals surface area contributed by atoms with Crippen LogP contribution in [0, 0.1) is 0 Å². The molecule has 0 saturated carbocycles. The summed E-state index contributed by atoms with van der Waals surface area (Å²) in [4.78, 5) is 0. The Kier molecular flexibility index (Phi) is 4.19. The van der Waals surface area contributed by atoms with E-state index in [0.717, 1.165) is 23.4 Å². The second-order valence-electron chi connectivity index (χ2n) is 2.62. The van der Waals surface area contributed by atoms with Crippen molar-refractivity contribution in [3.05, 3.63) is 35.4 Å². The Morgan fingerprint density at radius 3 is 2.14 bits per heavy atom. The molecule has 0 fully saturated rings. The van der Waals surface area contributed by atoms with Crippen molar-refractivity contribution < 1.29 is 13.2 Å². The monoisotopic (exact) mass is 238 g/mol. The van der Waals surface area contributed by atoms with Crippen molar-refractivity contribution >= 4 is 21.6 Å². The molecule has 78 valence electrons. The number of rotatable bonds is 3. The highest BCUT2D eigenvalue weighted by Crippen LogP contribution is 2.30.